The van der Waals surface area contributed by atoms with Crippen molar-refractivity contribution in [3.8, 4) is 5.75 Å². The van der Waals surface area contributed by atoms with Crippen molar-refractivity contribution < 1.29 is 9.53 Å². The summed E-state index contributed by atoms with van der Waals surface area (Å²) in [6.45, 7) is 0.739. The number of anilines is 1. The number of rotatable bonds is 4. The summed E-state index contributed by atoms with van der Waals surface area (Å²) in [4.78, 5) is 14.3. The predicted molar refractivity (Wildman–Crippen MR) is 80.9 cm³/mol. The van der Waals surface area contributed by atoms with Crippen molar-refractivity contribution in [1.29, 1.82) is 0 Å². The molecule has 4 heteroatoms. The van der Waals surface area contributed by atoms with Gasteiger partial charge in [-0.25, -0.2) is 0 Å². The second-order valence-corrected chi connectivity index (χ2v) is 5.52. The molecule has 0 bridgehead atoms. The van der Waals surface area contributed by atoms with Crippen LogP contribution in [0.5, 0.6) is 5.75 Å². The fourth-order valence-electron chi connectivity index (χ4n) is 2.94. The number of amides is 1. The van der Waals surface area contributed by atoms with Gasteiger partial charge in [-0.05, 0) is 50.3 Å². The molecule has 0 aromatic heterocycles. The van der Waals surface area contributed by atoms with Crippen LogP contribution in [0.1, 0.15) is 25.7 Å². The van der Waals surface area contributed by atoms with E-state index < -0.39 is 0 Å². The van der Waals surface area contributed by atoms with Crippen molar-refractivity contribution >= 4 is 11.6 Å². The van der Waals surface area contributed by atoms with E-state index in [2.05, 4.69) is 0 Å². The molecule has 1 aromatic carbocycles. The molecular formula is C16H24N2O2. The standard InChI is InChI=1S/C16H24N2O2/c1-18(14-5-3-4-6-15(14)20-2)16(19)13-9-7-12(11-17)8-10-13/h3-6,12-13H,7-11,17H2,1-2H3. The molecule has 1 saturated carbocycles. The molecular weight excluding hydrogens is 252 g/mol. The Bertz CT molecular complexity index is 454. The van der Waals surface area contributed by atoms with E-state index in [0.29, 0.717) is 5.92 Å². The normalized spacial score (nSPS) is 22.4. The summed E-state index contributed by atoms with van der Waals surface area (Å²) in [5, 5.41) is 0. The molecule has 20 heavy (non-hydrogen) atoms. The van der Waals surface area contributed by atoms with Crippen molar-refractivity contribution in [2.45, 2.75) is 25.7 Å². The number of benzene rings is 1. The Hall–Kier alpha value is -1.55. The summed E-state index contributed by atoms with van der Waals surface area (Å²) in [5.41, 5.74) is 6.54. The van der Waals surface area contributed by atoms with Gasteiger partial charge in [0.25, 0.3) is 0 Å². The molecule has 2 N–H and O–H groups in total. The quantitative estimate of drug-likeness (QED) is 0.919. The van der Waals surface area contributed by atoms with Crippen LogP contribution in [0, 0.1) is 11.8 Å². The third kappa shape index (κ3) is 3.12. The fourth-order valence-corrected chi connectivity index (χ4v) is 2.94. The molecule has 0 atom stereocenters. The molecule has 0 radical (unpaired) electrons. The maximum absolute atomic E-state index is 12.6. The van der Waals surface area contributed by atoms with Crippen molar-refractivity contribution in [3.63, 3.8) is 0 Å². The highest BCUT2D eigenvalue weighted by atomic mass is 16.5. The third-order valence-corrected chi connectivity index (χ3v) is 4.31. The minimum Gasteiger partial charge on any atom is -0.495 e. The van der Waals surface area contributed by atoms with Crippen LogP contribution in [0.2, 0.25) is 0 Å². The van der Waals surface area contributed by atoms with Gasteiger partial charge in [-0.2, -0.15) is 0 Å². The van der Waals surface area contributed by atoms with Crippen LogP contribution in [-0.4, -0.2) is 26.6 Å². The first kappa shape index (κ1) is 14.9. The predicted octanol–water partition coefficient (Wildman–Crippen LogP) is 2.42. The number of hydrogen-bond acceptors (Lipinski definition) is 3. The number of nitrogens with two attached hydrogens (primary N) is 1. The summed E-state index contributed by atoms with van der Waals surface area (Å²) < 4.78 is 5.33. The molecule has 0 heterocycles. The van der Waals surface area contributed by atoms with Crippen LogP contribution < -0.4 is 15.4 Å². The summed E-state index contributed by atoms with van der Waals surface area (Å²) in [5.74, 6) is 1.63. The molecule has 1 aliphatic rings. The highest BCUT2D eigenvalue weighted by molar-refractivity contribution is 5.95. The van der Waals surface area contributed by atoms with Gasteiger partial charge in [-0.3, -0.25) is 4.79 Å². The Labute approximate surface area is 120 Å². The maximum atomic E-state index is 12.6. The summed E-state index contributed by atoms with van der Waals surface area (Å²) >= 11 is 0. The molecule has 0 saturated heterocycles. The van der Waals surface area contributed by atoms with Crippen molar-refractivity contribution in [2.75, 3.05) is 25.6 Å². The molecule has 1 amide bonds. The van der Waals surface area contributed by atoms with Crippen molar-refractivity contribution in [3.05, 3.63) is 24.3 Å². The number of hydrogen-bond donors (Lipinski definition) is 1. The average Bonchev–Trinajstić information content (AvgIpc) is 2.53. The monoisotopic (exact) mass is 276 g/mol. The van der Waals surface area contributed by atoms with Crippen LogP contribution in [0.4, 0.5) is 5.69 Å². The molecule has 4 nitrogen and oxygen atoms in total. The van der Waals surface area contributed by atoms with E-state index in [1.807, 2.05) is 31.3 Å². The minimum atomic E-state index is 0.118. The first-order valence-electron chi connectivity index (χ1n) is 7.28. The van der Waals surface area contributed by atoms with Gasteiger partial charge in [-0.1, -0.05) is 12.1 Å². The van der Waals surface area contributed by atoms with E-state index in [-0.39, 0.29) is 11.8 Å². The topological polar surface area (TPSA) is 55.6 Å². The van der Waals surface area contributed by atoms with Crippen LogP contribution in [0.3, 0.4) is 0 Å². The lowest BCUT2D eigenvalue weighted by atomic mass is 9.81. The maximum Gasteiger partial charge on any atom is 0.229 e. The number of ether oxygens (including phenoxy) is 1. The van der Waals surface area contributed by atoms with E-state index in [9.17, 15) is 4.79 Å². The molecule has 1 fully saturated rings. The number of para-hydroxylation sites is 2. The molecule has 1 aliphatic carbocycles. The largest absolute Gasteiger partial charge is 0.495 e. The van der Waals surface area contributed by atoms with Gasteiger partial charge in [-0.15, -0.1) is 0 Å². The van der Waals surface area contributed by atoms with E-state index in [1.54, 1.807) is 12.0 Å². The molecule has 110 valence electrons. The van der Waals surface area contributed by atoms with Crippen molar-refractivity contribution in [2.24, 2.45) is 17.6 Å². The number of methoxy groups -OCH3 is 1. The average molecular weight is 276 g/mol. The lowest BCUT2D eigenvalue weighted by Crippen LogP contribution is -2.36. The van der Waals surface area contributed by atoms with Crippen molar-refractivity contribution in [1.82, 2.24) is 0 Å². The smallest absolute Gasteiger partial charge is 0.229 e. The zero-order valence-electron chi connectivity index (χ0n) is 12.3. The number of carbonyl (C=O) groups is 1. The van der Waals surface area contributed by atoms with Crippen LogP contribution in [0.15, 0.2) is 24.3 Å². The van der Waals surface area contributed by atoms with E-state index in [1.165, 1.54) is 0 Å². The lowest BCUT2D eigenvalue weighted by molar-refractivity contribution is -0.123. The summed E-state index contributed by atoms with van der Waals surface area (Å²) in [7, 11) is 3.46. The zero-order chi connectivity index (χ0) is 14.5. The SMILES string of the molecule is COc1ccccc1N(C)C(=O)C1CCC(CN)CC1. The number of carbonyl (C=O) groups excluding carboxylic acids is 1. The Morgan fingerprint density at radius 1 is 1.30 bits per heavy atom. The first-order valence-corrected chi connectivity index (χ1v) is 7.28. The molecule has 2 rings (SSSR count). The lowest BCUT2D eigenvalue weighted by Gasteiger charge is -2.30. The van der Waals surface area contributed by atoms with Gasteiger partial charge >= 0.3 is 0 Å². The van der Waals surface area contributed by atoms with E-state index >= 15 is 0 Å². The van der Waals surface area contributed by atoms with Gasteiger partial charge in [0.05, 0.1) is 12.8 Å². The second-order valence-electron chi connectivity index (χ2n) is 5.52. The van der Waals surface area contributed by atoms with E-state index in [4.69, 9.17) is 10.5 Å². The summed E-state index contributed by atoms with van der Waals surface area (Å²) in [6, 6.07) is 7.63. The highest BCUT2D eigenvalue weighted by Crippen LogP contribution is 2.33. The van der Waals surface area contributed by atoms with Gasteiger partial charge < -0.3 is 15.4 Å². The zero-order valence-corrected chi connectivity index (χ0v) is 12.3. The van der Waals surface area contributed by atoms with Gasteiger partial charge in [0.1, 0.15) is 5.75 Å². The molecule has 0 unspecified atom stereocenters. The summed E-state index contributed by atoms with van der Waals surface area (Å²) in [6.07, 6.45) is 4.01. The second kappa shape index (κ2) is 6.75. The van der Waals surface area contributed by atoms with Gasteiger partial charge in [0.15, 0.2) is 0 Å². The minimum absolute atomic E-state index is 0.118. The Kier molecular flexibility index (Phi) is 5.01. The Morgan fingerprint density at radius 3 is 2.55 bits per heavy atom. The van der Waals surface area contributed by atoms with E-state index in [0.717, 1.165) is 43.7 Å². The molecule has 1 aromatic rings. The molecule has 0 aliphatic heterocycles. The third-order valence-electron chi connectivity index (χ3n) is 4.31. The van der Waals surface area contributed by atoms with Gasteiger partial charge in [0.2, 0.25) is 5.91 Å². The first-order chi connectivity index (χ1) is 9.67. The van der Waals surface area contributed by atoms with Gasteiger partial charge in [0, 0.05) is 13.0 Å². The van der Waals surface area contributed by atoms with Crippen LogP contribution in [-0.2, 0) is 4.79 Å². The fraction of sp³-hybridized carbons (Fsp3) is 0.562. The molecule has 0 spiro atoms. The van der Waals surface area contributed by atoms with Crippen LogP contribution in [0.25, 0.3) is 0 Å². The highest BCUT2D eigenvalue weighted by Gasteiger charge is 2.28. The van der Waals surface area contributed by atoms with Crippen LogP contribution >= 0.6 is 0 Å². The Balaban J connectivity index is 2.05. The number of nitrogens with zero attached hydrogens (tertiary/aromatic N) is 1. The Morgan fingerprint density at radius 2 is 1.95 bits per heavy atom.